The molecule has 0 unspecified atom stereocenters. The van der Waals surface area contributed by atoms with Gasteiger partial charge < -0.3 is 0 Å². The lowest BCUT2D eigenvalue weighted by atomic mass is 9.99. The number of Topliss-reactive ketones (excluding diaryl/α,β-unsaturated/α-hetero) is 2. The summed E-state index contributed by atoms with van der Waals surface area (Å²) in [5.41, 5.74) is 2.98. The van der Waals surface area contributed by atoms with Crippen molar-refractivity contribution < 1.29 is 9.59 Å². The van der Waals surface area contributed by atoms with E-state index in [9.17, 15) is 9.59 Å². The highest BCUT2D eigenvalue weighted by atomic mass is 35.5. The quantitative estimate of drug-likeness (QED) is 0.501. The van der Waals surface area contributed by atoms with Crippen molar-refractivity contribution in [2.75, 3.05) is 0 Å². The second-order valence-corrected chi connectivity index (χ2v) is 6.90. The van der Waals surface area contributed by atoms with Gasteiger partial charge in [-0.25, -0.2) is 0 Å². The first-order valence-electron chi connectivity index (χ1n) is 8.16. The monoisotopic (exact) mass is 382 g/mol. The molecule has 0 fully saturated rings. The lowest BCUT2D eigenvalue weighted by Crippen LogP contribution is -2.06. The second-order valence-electron chi connectivity index (χ2n) is 6.03. The number of hydrogen-bond donors (Lipinski definition) is 0. The zero-order valence-electron chi connectivity index (χ0n) is 13.9. The highest BCUT2D eigenvalue weighted by molar-refractivity contribution is 6.30. The Morgan fingerprint density at radius 2 is 0.846 bits per heavy atom. The Morgan fingerprint density at radius 3 is 1.15 bits per heavy atom. The summed E-state index contributed by atoms with van der Waals surface area (Å²) < 4.78 is 0. The lowest BCUT2D eigenvalue weighted by Gasteiger charge is -2.05. The highest BCUT2D eigenvalue weighted by Crippen LogP contribution is 2.15. The van der Waals surface area contributed by atoms with Crippen LogP contribution in [0.3, 0.4) is 0 Å². The molecule has 0 spiro atoms. The van der Waals surface area contributed by atoms with Crippen molar-refractivity contribution in [3.8, 4) is 0 Å². The summed E-state index contributed by atoms with van der Waals surface area (Å²) in [6, 6.07) is 21.2. The van der Waals surface area contributed by atoms with Crippen molar-refractivity contribution in [1.82, 2.24) is 0 Å². The van der Waals surface area contributed by atoms with Gasteiger partial charge in [0.25, 0.3) is 0 Å². The van der Waals surface area contributed by atoms with Gasteiger partial charge in [0.15, 0.2) is 11.6 Å². The van der Waals surface area contributed by atoms with Crippen LogP contribution in [0.1, 0.15) is 31.8 Å². The number of benzene rings is 3. The van der Waals surface area contributed by atoms with E-state index < -0.39 is 0 Å². The number of ketones is 2. The fraction of sp³-hybridized carbons (Fsp3) is 0.0909. The molecule has 0 N–H and O–H groups in total. The van der Waals surface area contributed by atoms with Gasteiger partial charge in [0.2, 0.25) is 0 Å². The molecule has 3 aromatic carbocycles. The molecule has 0 aliphatic carbocycles. The van der Waals surface area contributed by atoms with Gasteiger partial charge in [0.1, 0.15) is 0 Å². The Morgan fingerprint density at radius 1 is 0.538 bits per heavy atom. The van der Waals surface area contributed by atoms with Crippen LogP contribution in [-0.4, -0.2) is 11.6 Å². The summed E-state index contributed by atoms with van der Waals surface area (Å²) in [5, 5.41) is 1.29. The normalized spacial score (nSPS) is 10.5. The van der Waals surface area contributed by atoms with Crippen LogP contribution in [0, 0.1) is 0 Å². The van der Waals surface area contributed by atoms with Gasteiger partial charge in [-0.2, -0.15) is 0 Å². The molecule has 0 saturated heterocycles. The molecule has 3 rings (SSSR count). The summed E-state index contributed by atoms with van der Waals surface area (Å²) >= 11 is 11.7. The van der Waals surface area contributed by atoms with Gasteiger partial charge in [-0.1, -0.05) is 71.7 Å². The number of carbonyl (C=O) groups is 2. The largest absolute Gasteiger partial charge is 0.294 e. The molecule has 0 saturated carbocycles. The topological polar surface area (TPSA) is 34.1 Å². The second kappa shape index (κ2) is 8.31. The van der Waals surface area contributed by atoms with Crippen LogP contribution in [0.4, 0.5) is 0 Å². The van der Waals surface area contributed by atoms with E-state index in [1.54, 1.807) is 48.5 Å². The smallest absolute Gasteiger partial charge is 0.167 e. The molecule has 0 aromatic heterocycles. The van der Waals surface area contributed by atoms with Crippen LogP contribution in [-0.2, 0) is 12.8 Å². The summed E-state index contributed by atoms with van der Waals surface area (Å²) in [5.74, 6) is 0.00745. The number of carbonyl (C=O) groups excluding carboxylic acids is 2. The Labute approximate surface area is 162 Å². The van der Waals surface area contributed by atoms with E-state index in [1.807, 2.05) is 24.3 Å². The predicted molar refractivity (Wildman–Crippen MR) is 105 cm³/mol. The van der Waals surface area contributed by atoms with Crippen molar-refractivity contribution in [3.63, 3.8) is 0 Å². The fourth-order valence-electron chi connectivity index (χ4n) is 2.62. The number of hydrogen-bond acceptors (Lipinski definition) is 2. The van der Waals surface area contributed by atoms with E-state index in [4.69, 9.17) is 23.2 Å². The van der Waals surface area contributed by atoms with Gasteiger partial charge in [0, 0.05) is 34.0 Å². The molecule has 2 nitrogen and oxygen atoms in total. The summed E-state index contributed by atoms with van der Waals surface area (Å²) in [7, 11) is 0. The van der Waals surface area contributed by atoms with Crippen LogP contribution in [0.2, 0.25) is 10.0 Å². The van der Waals surface area contributed by atoms with Crippen LogP contribution < -0.4 is 0 Å². The predicted octanol–water partition coefficient (Wildman–Crippen LogP) is 5.84. The van der Waals surface area contributed by atoms with E-state index in [2.05, 4.69) is 0 Å². The van der Waals surface area contributed by atoms with Gasteiger partial charge >= 0.3 is 0 Å². The first-order valence-corrected chi connectivity index (χ1v) is 8.92. The van der Waals surface area contributed by atoms with Crippen molar-refractivity contribution in [2.24, 2.45) is 0 Å². The van der Waals surface area contributed by atoms with E-state index >= 15 is 0 Å². The summed E-state index contributed by atoms with van der Waals surface area (Å²) in [4.78, 5) is 24.7. The first-order chi connectivity index (χ1) is 12.5. The minimum atomic E-state index is 0.00372. The zero-order valence-corrected chi connectivity index (χ0v) is 15.4. The third kappa shape index (κ3) is 4.81. The average molecular weight is 383 g/mol. The Balaban J connectivity index is 1.65. The van der Waals surface area contributed by atoms with Gasteiger partial charge in [0.05, 0.1) is 0 Å². The minimum Gasteiger partial charge on any atom is -0.294 e. The maximum atomic E-state index is 12.4. The van der Waals surface area contributed by atoms with Gasteiger partial charge in [-0.3, -0.25) is 9.59 Å². The molecule has 0 atom stereocenters. The molecule has 26 heavy (non-hydrogen) atoms. The minimum absolute atomic E-state index is 0.00372. The first kappa shape index (κ1) is 18.4. The molecule has 0 aliphatic heterocycles. The number of halogens is 2. The van der Waals surface area contributed by atoms with Crippen LogP contribution in [0.15, 0.2) is 72.8 Å². The summed E-state index contributed by atoms with van der Waals surface area (Å²) in [6.07, 6.45) is 0.602. The van der Waals surface area contributed by atoms with Crippen LogP contribution in [0.5, 0.6) is 0 Å². The molecule has 0 radical (unpaired) electrons. The molecular formula is C22H16Cl2O2. The van der Waals surface area contributed by atoms with Crippen molar-refractivity contribution >= 4 is 34.8 Å². The Hall–Kier alpha value is -2.42. The van der Waals surface area contributed by atoms with Crippen LogP contribution in [0.25, 0.3) is 0 Å². The maximum Gasteiger partial charge on any atom is 0.167 e. The summed E-state index contributed by atoms with van der Waals surface area (Å²) in [6.45, 7) is 0. The highest BCUT2D eigenvalue weighted by Gasteiger charge is 2.11. The zero-order chi connectivity index (χ0) is 18.5. The van der Waals surface area contributed by atoms with Crippen molar-refractivity contribution in [1.29, 1.82) is 0 Å². The van der Waals surface area contributed by atoms with E-state index in [-0.39, 0.29) is 11.6 Å². The molecule has 0 bridgehead atoms. The van der Waals surface area contributed by atoms with Crippen LogP contribution >= 0.6 is 23.2 Å². The van der Waals surface area contributed by atoms with Crippen molar-refractivity contribution in [3.05, 3.63) is 105 Å². The van der Waals surface area contributed by atoms with E-state index in [0.29, 0.717) is 34.0 Å². The lowest BCUT2D eigenvalue weighted by molar-refractivity contribution is 0.0981. The third-order valence-electron chi connectivity index (χ3n) is 4.08. The Bertz CT molecular complexity index is 833. The van der Waals surface area contributed by atoms with E-state index in [1.165, 1.54) is 0 Å². The molecular weight excluding hydrogens is 367 g/mol. The standard InChI is InChI=1S/C22H16Cl2O2/c23-19-9-1-15(2-10-19)13-21(25)17-5-7-18(8-6-17)22(26)14-16-3-11-20(24)12-4-16/h1-12H,13-14H2. The third-order valence-corrected chi connectivity index (χ3v) is 4.59. The Kier molecular flexibility index (Phi) is 5.87. The van der Waals surface area contributed by atoms with E-state index in [0.717, 1.165) is 11.1 Å². The molecule has 130 valence electrons. The molecule has 0 amide bonds. The fourth-order valence-corrected chi connectivity index (χ4v) is 2.87. The molecule has 3 aromatic rings. The molecule has 0 heterocycles. The van der Waals surface area contributed by atoms with Crippen molar-refractivity contribution in [2.45, 2.75) is 12.8 Å². The maximum absolute atomic E-state index is 12.4. The van der Waals surface area contributed by atoms with Gasteiger partial charge in [-0.15, -0.1) is 0 Å². The SMILES string of the molecule is O=C(Cc1ccc(Cl)cc1)c1ccc(C(=O)Cc2ccc(Cl)cc2)cc1. The average Bonchev–Trinajstić information content (AvgIpc) is 2.65. The number of rotatable bonds is 6. The van der Waals surface area contributed by atoms with Gasteiger partial charge in [-0.05, 0) is 35.4 Å². The molecule has 0 aliphatic rings. The molecule has 4 heteroatoms.